The number of nitrogen functional groups attached to an aromatic ring is 1. The number of nitrogens with zero attached hydrogens (tertiary/aromatic N) is 1. The monoisotopic (exact) mass is 233 g/mol. The molecule has 3 N–H and O–H groups in total. The van der Waals surface area contributed by atoms with Gasteiger partial charge in [-0.05, 0) is 38.0 Å². The quantitative estimate of drug-likeness (QED) is 0.749. The Kier molecular flexibility index (Phi) is 2.83. The molecule has 0 spiro atoms. The van der Waals surface area contributed by atoms with Crippen LogP contribution in [0.5, 0.6) is 0 Å². The number of likely N-dealkylation sites (N-methyl/N-ethyl adjacent to an activating group) is 1. The molecule has 0 radical (unpaired) electrons. The molecule has 1 saturated heterocycles. The van der Waals surface area contributed by atoms with Gasteiger partial charge in [0.25, 0.3) is 0 Å². The summed E-state index contributed by atoms with van der Waals surface area (Å²) in [5.41, 5.74) is 7.24. The second kappa shape index (κ2) is 4.04. The minimum Gasteiger partial charge on any atom is -0.399 e. The van der Waals surface area contributed by atoms with Crippen molar-refractivity contribution in [3.63, 3.8) is 0 Å². The molecule has 0 aliphatic carbocycles. The van der Waals surface area contributed by atoms with Crippen LogP contribution in [0.3, 0.4) is 0 Å². The minimum atomic E-state index is -0.268. The molecular weight excluding hydrogens is 214 g/mol. The number of amides is 1. The van der Waals surface area contributed by atoms with E-state index in [0.717, 1.165) is 11.3 Å². The number of nitrogens with two attached hydrogens (primary N) is 1. The Morgan fingerprint density at radius 3 is 2.41 bits per heavy atom. The maximum absolute atomic E-state index is 12.0. The number of rotatable bonds is 2. The van der Waals surface area contributed by atoms with Gasteiger partial charge >= 0.3 is 0 Å². The highest BCUT2D eigenvalue weighted by Crippen LogP contribution is 2.21. The fourth-order valence-corrected chi connectivity index (χ4v) is 2.12. The van der Waals surface area contributed by atoms with Crippen LogP contribution in [0.1, 0.15) is 19.4 Å². The SMILES string of the molecule is CN1C(=O)[C@H](Cc2ccc(N)cc2)NC1(C)C. The van der Waals surface area contributed by atoms with Crippen LogP contribution in [-0.2, 0) is 11.2 Å². The lowest BCUT2D eigenvalue weighted by Gasteiger charge is -2.27. The molecule has 0 saturated carbocycles. The van der Waals surface area contributed by atoms with E-state index < -0.39 is 0 Å². The summed E-state index contributed by atoms with van der Waals surface area (Å²) in [6.45, 7) is 4.02. The Bertz CT molecular complexity index is 425. The van der Waals surface area contributed by atoms with Gasteiger partial charge in [0, 0.05) is 12.7 Å². The molecule has 1 aliphatic heterocycles. The molecule has 4 nitrogen and oxygen atoms in total. The van der Waals surface area contributed by atoms with Crippen LogP contribution in [0.2, 0.25) is 0 Å². The van der Waals surface area contributed by atoms with Crippen molar-refractivity contribution in [1.82, 2.24) is 10.2 Å². The van der Waals surface area contributed by atoms with Gasteiger partial charge in [0.2, 0.25) is 5.91 Å². The molecule has 4 heteroatoms. The third-order valence-corrected chi connectivity index (χ3v) is 3.41. The van der Waals surface area contributed by atoms with Crippen molar-refractivity contribution in [3.8, 4) is 0 Å². The first-order valence-corrected chi connectivity index (χ1v) is 5.80. The normalized spacial score (nSPS) is 23.1. The van der Waals surface area contributed by atoms with Crippen LogP contribution in [0.15, 0.2) is 24.3 Å². The van der Waals surface area contributed by atoms with E-state index in [1.165, 1.54) is 0 Å². The van der Waals surface area contributed by atoms with E-state index in [-0.39, 0.29) is 17.6 Å². The Balaban J connectivity index is 2.10. The highest BCUT2D eigenvalue weighted by Gasteiger charge is 2.41. The second-order valence-electron chi connectivity index (χ2n) is 5.10. The van der Waals surface area contributed by atoms with Crippen molar-refractivity contribution in [3.05, 3.63) is 29.8 Å². The van der Waals surface area contributed by atoms with Gasteiger partial charge in [-0.3, -0.25) is 10.1 Å². The van der Waals surface area contributed by atoms with Crippen LogP contribution >= 0.6 is 0 Å². The van der Waals surface area contributed by atoms with Crippen LogP contribution in [-0.4, -0.2) is 29.6 Å². The van der Waals surface area contributed by atoms with Gasteiger partial charge < -0.3 is 10.6 Å². The second-order valence-corrected chi connectivity index (χ2v) is 5.10. The summed E-state index contributed by atoms with van der Waals surface area (Å²) in [5.74, 6) is 0.145. The van der Waals surface area contributed by atoms with Gasteiger partial charge in [0.05, 0.1) is 11.7 Å². The standard InChI is InChI=1S/C13H19N3O/c1-13(2)15-11(12(17)16(13)3)8-9-4-6-10(14)7-5-9/h4-7,11,15H,8,14H2,1-3H3/t11-/m0/s1. The predicted octanol–water partition coefficient (Wildman–Crippen LogP) is 0.978. The average molecular weight is 233 g/mol. The van der Waals surface area contributed by atoms with Crippen molar-refractivity contribution in [2.24, 2.45) is 0 Å². The molecule has 1 amide bonds. The molecule has 1 aromatic carbocycles. The summed E-state index contributed by atoms with van der Waals surface area (Å²) in [4.78, 5) is 13.8. The molecule has 1 aromatic rings. The largest absolute Gasteiger partial charge is 0.399 e. The van der Waals surface area contributed by atoms with E-state index in [1.807, 2.05) is 45.2 Å². The summed E-state index contributed by atoms with van der Waals surface area (Å²) >= 11 is 0. The first-order valence-electron chi connectivity index (χ1n) is 5.80. The molecule has 2 rings (SSSR count). The van der Waals surface area contributed by atoms with Crippen LogP contribution < -0.4 is 11.1 Å². The summed E-state index contributed by atoms with van der Waals surface area (Å²) in [6, 6.07) is 7.52. The molecule has 1 heterocycles. The maximum Gasteiger partial charge on any atom is 0.241 e. The van der Waals surface area contributed by atoms with Gasteiger partial charge in [-0.15, -0.1) is 0 Å². The Labute approximate surface area is 102 Å². The van der Waals surface area contributed by atoms with E-state index >= 15 is 0 Å². The van der Waals surface area contributed by atoms with Gasteiger partial charge in [0.15, 0.2) is 0 Å². The number of carbonyl (C=O) groups excluding carboxylic acids is 1. The van der Waals surface area contributed by atoms with E-state index in [9.17, 15) is 4.79 Å². The zero-order chi connectivity index (χ0) is 12.6. The fraction of sp³-hybridized carbons (Fsp3) is 0.462. The number of anilines is 1. The summed E-state index contributed by atoms with van der Waals surface area (Å²) in [5, 5.41) is 3.34. The number of hydrogen-bond donors (Lipinski definition) is 2. The van der Waals surface area contributed by atoms with E-state index in [2.05, 4.69) is 5.32 Å². The first-order chi connectivity index (χ1) is 7.90. The summed E-state index contributed by atoms with van der Waals surface area (Å²) in [7, 11) is 1.83. The topological polar surface area (TPSA) is 58.4 Å². The smallest absolute Gasteiger partial charge is 0.241 e. The van der Waals surface area contributed by atoms with Crippen LogP contribution in [0.4, 0.5) is 5.69 Å². The third-order valence-electron chi connectivity index (χ3n) is 3.41. The molecule has 1 fully saturated rings. The van der Waals surface area contributed by atoms with E-state index in [1.54, 1.807) is 4.90 Å². The zero-order valence-corrected chi connectivity index (χ0v) is 10.5. The average Bonchev–Trinajstić information content (AvgIpc) is 2.46. The van der Waals surface area contributed by atoms with Gasteiger partial charge in [-0.1, -0.05) is 12.1 Å². The zero-order valence-electron chi connectivity index (χ0n) is 10.5. The highest BCUT2D eigenvalue weighted by molar-refractivity contribution is 5.85. The summed E-state index contributed by atoms with van der Waals surface area (Å²) in [6.07, 6.45) is 0.701. The van der Waals surface area contributed by atoms with Crippen molar-refractivity contribution < 1.29 is 4.79 Å². The third kappa shape index (κ3) is 2.26. The molecule has 1 aliphatic rings. The van der Waals surface area contributed by atoms with Crippen LogP contribution in [0, 0.1) is 0 Å². The van der Waals surface area contributed by atoms with Crippen molar-refractivity contribution in [2.45, 2.75) is 32.0 Å². The summed E-state index contributed by atoms with van der Waals surface area (Å²) < 4.78 is 0. The molecule has 92 valence electrons. The predicted molar refractivity (Wildman–Crippen MR) is 68.3 cm³/mol. The lowest BCUT2D eigenvalue weighted by atomic mass is 10.1. The molecule has 17 heavy (non-hydrogen) atoms. The van der Waals surface area contributed by atoms with E-state index in [4.69, 9.17) is 5.73 Å². The number of hydrogen-bond acceptors (Lipinski definition) is 3. The lowest BCUT2D eigenvalue weighted by Crippen LogP contribution is -2.45. The van der Waals surface area contributed by atoms with Crippen molar-refractivity contribution >= 4 is 11.6 Å². The van der Waals surface area contributed by atoms with Crippen molar-refractivity contribution in [1.29, 1.82) is 0 Å². The number of nitrogens with one attached hydrogen (secondary N) is 1. The molecule has 0 aromatic heterocycles. The molecular formula is C13H19N3O. The van der Waals surface area contributed by atoms with Gasteiger partial charge in [0.1, 0.15) is 0 Å². The number of benzene rings is 1. The van der Waals surface area contributed by atoms with E-state index in [0.29, 0.717) is 6.42 Å². The fourth-order valence-electron chi connectivity index (χ4n) is 2.12. The van der Waals surface area contributed by atoms with Gasteiger partial charge in [-0.2, -0.15) is 0 Å². The van der Waals surface area contributed by atoms with Gasteiger partial charge in [-0.25, -0.2) is 0 Å². The van der Waals surface area contributed by atoms with Crippen LogP contribution in [0.25, 0.3) is 0 Å². The highest BCUT2D eigenvalue weighted by atomic mass is 16.2. The lowest BCUT2D eigenvalue weighted by molar-refractivity contribution is -0.129. The Morgan fingerprint density at radius 2 is 1.94 bits per heavy atom. The Hall–Kier alpha value is -1.55. The number of carbonyl (C=O) groups is 1. The Morgan fingerprint density at radius 1 is 1.35 bits per heavy atom. The molecule has 0 bridgehead atoms. The molecule has 1 atom stereocenters. The first kappa shape index (κ1) is 11.9. The minimum absolute atomic E-state index is 0.140. The molecule has 0 unspecified atom stereocenters. The van der Waals surface area contributed by atoms with Crippen molar-refractivity contribution in [2.75, 3.05) is 12.8 Å². The maximum atomic E-state index is 12.0.